The maximum absolute atomic E-state index is 12.8. The Morgan fingerprint density at radius 1 is 1.12 bits per heavy atom. The highest BCUT2D eigenvalue weighted by molar-refractivity contribution is 9.10. The number of hydrogen-bond acceptors (Lipinski definition) is 7. The summed E-state index contributed by atoms with van der Waals surface area (Å²) in [5, 5.41) is 7.55. The molecule has 3 N–H and O–H groups in total. The maximum atomic E-state index is 12.8. The summed E-state index contributed by atoms with van der Waals surface area (Å²) in [5.41, 5.74) is 0.150. The SMILES string of the molecule is COC(=O)[C@H](CCSC)NC(=O)[C@@H](NC(=O)C(=O)c1cc(Br)ccc1NC(C)=O)C(C)C. The van der Waals surface area contributed by atoms with Gasteiger partial charge in [0, 0.05) is 11.4 Å². The van der Waals surface area contributed by atoms with Crippen LogP contribution < -0.4 is 16.0 Å². The Bertz CT molecular complexity index is 877. The maximum Gasteiger partial charge on any atom is 0.328 e. The summed E-state index contributed by atoms with van der Waals surface area (Å²) in [4.78, 5) is 61.7. The summed E-state index contributed by atoms with van der Waals surface area (Å²) < 4.78 is 5.28. The van der Waals surface area contributed by atoms with Crippen LogP contribution in [0, 0.1) is 5.92 Å². The predicted molar refractivity (Wildman–Crippen MR) is 126 cm³/mol. The van der Waals surface area contributed by atoms with Crippen molar-refractivity contribution in [2.24, 2.45) is 5.92 Å². The van der Waals surface area contributed by atoms with Crippen LogP contribution in [0.5, 0.6) is 0 Å². The second kappa shape index (κ2) is 13.2. The monoisotopic (exact) mass is 529 g/mol. The predicted octanol–water partition coefficient (Wildman–Crippen LogP) is 2.14. The highest BCUT2D eigenvalue weighted by atomic mass is 79.9. The molecule has 1 aromatic carbocycles. The van der Waals surface area contributed by atoms with Gasteiger partial charge in [0.05, 0.1) is 18.4 Å². The lowest BCUT2D eigenvalue weighted by molar-refractivity contribution is -0.145. The molecule has 9 nitrogen and oxygen atoms in total. The van der Waals surface area contributed by atoms with E-state index in [2.05, 4.69) is 31.9 Å². The first-order valence-electron chi connectivity index (χ1n) is 9.81. The van der Waals surface area contributed by atoms with E-state index in [-0.39, 0.29) is 17.2 Å². The van der Waals surface area contributed by atoms with Crippen molar-refractivity contribution in [3.8, 4) is 0 Å². The van der Waals surface area contributed by atoms with E-state index in [1.807, 2.05) is 6.26 Å². The molecule has 32 heavy (non-hydrogen) atoms. The van der Waals surface area contributed by atoms with Gasteiger partial charge in [-0.2, -0.15) is 11.8 Å². The second-order valence-electron chi connectivity index (χ2n) is 7.26. The smallest absolute Gasteiger partial charge is 0.328 e. The zero-order valence-electron chi connectivity index (χ0n) is 18.6. The number of amides is 3. The minimum atomic E-state index is -1.07. The average Bonchev–Trinajstić information content (AvgIpc) is 2.74. The Labute approximate surface area is 199 Å². The van der Waals surface area contributed by atoms with E-state index in [4.69, 9.17) is 4.74 Å². The summed E-state index contributed by atoms with van der Waals surface area (Å²) in [5.74, 6) is -3.28. The van der Waals surface area contributed by atoms with Crippen LogP contribution in [0.15, 0.2) is 22.7 Å². The number of anilines is 1. The number of Topliss-reactive ketones (excluding diaryl/α,β-unsaturated/α-hetero) is 1. The standard InChI is InChI=1S/C21H28BrN3O6S/c1-11(2)17(19(28)24-16(8-9-32-5)21(30)31-4)25-20(29)18(27)14-10-13(22)6-7-15(14)23-12(3)26/h6-7,10-11,16-17H,8-9H2,1-5H3,(H,23,26)(H,24,28)(H,25,29)/t16-,17-/m0/s1. The molecule has 1 aromatic rings. The van der Waals surface area contributed by atoms with Crippen molar-refractivity contribution in [3.05, 3.63) is 28.2 Å². The van der Waals surface area contributed by atoms with Crippen LogP contribution in [0.4, 0.5) is 5.69 Å². The summed E-state index contributed by atoms with van der Waals surface area (Å²) in [6, 6.07) is 2.58. The van der Waals surface area contributed by atoms with Gasteiger partial charge >= 0.3 is 5.97 Å². The summed E-state index contributed by atoms with van der Waals surface area (Å²) in [7, 11) is 1.23. The third-order valence-electron chi connectivity index (χ3n) is 4.39. The van der Waals surface area contributed by atoms with E-state index in [0.717, 1.165) is 0 Å². The van der Waals surface area contributed by atoms with Gasteiger partial charge < -0.3 is 20.7 Å². The van der Waals surface area contributed by atoms with Gasteiger partial charge in [-0.15, -0.1) is 0 Å². The van der Waals surface area contributed by atoms with Crippen LogP contribution in [0.2, 0.25) is 0 Å². The lowest BCUT2D eigenvalue weighted by Gasteiger charge is -2.24. The number of rotatable bonds is 11. The van der Waals surface area contributed by atoms with Gasteiger partial charge in [0.15, 0.2) is 0 Å². The van der Waals surface area contributed by atoms with Crippen LogP contribution in [0.25, 0.3) is 0 Å². The quantitative estimate of drug-likeness (QED) is 0.227. The molecule has 0 aliphatic carbocycles. The Balaban J connectivity index is 3.05. The third-order valence-corrected chi connectivity index (χ3v) is 5.53. The van der Waals surface area contributed by atoms with Crippen molar-refractivity contribution in [2.45, 2.75) is 39.3 Å². The molecule has 0 aliphatic heterocycles. The van der Waals surface area contributed by atoms with E-state index in [9.17, 15) is 24.0 Å². The summed E-state index contributed by atoms with van der Waals surface area (Å²) >= 11 is 4.75. The molecule has 0 fully saturated rings. The van der Waals surface area contributed by atoms with Gasteiger partial charge in [-0.3, -0.25) is 19.2 Å². The first-order valence-corrected chi connectivity index (χ1v) is 12.0. The number of ether oxygens (including phenoxy) is 1. The van der Waals surface area contributed by atoms with Gasteiger partial charge in [-0.05, 0) is 42.5 Å². The molecule has 0 spiro atoms. The van der Waals surface area contributed by atoms with Gasteiger partial charge in [-0.25, -0.2) is 4.79 Å². The van der Waals surface area contributed by atoms with Crippen LogP contribution in [0.3, 0.4) is 0 Å². The minimum absolute atomic E-state index is 0.0256. The van der Waals surface area contributed by atoms with Crippen LogP contribution in [-0.2, 0) is 23.9 Å². The van der Waals surface area contributed by atoms with Gasteiger partial charge in [0.1, 0.15) is 12.1 Å². The normalized spacial score (nSPS) is 12.5. The average molecular weight is 530 g/mol. The fraction of sp³-hybridized carbons (Fsp3) is 0.476. The molecule has 2 atom stereocenters. The molecule has 0 saturated carbocycles. The molecule has 11 heteroatoms. The number of halogens is 1. The first kappa shape index (κ1) is 27.6. The summed E-state index contributed by atoms with van der Waals surface area (Å²) in [6.07, 6.45) is 2.23. The molecular formula is C21H28BrN3O6S. The second-order valence-corrected chi connectivity index (χ2v) is 9.16. The fourth-order valence-corrected chi connectivity index (χ4v) is 3.59. The zero-order valence-corrected chi connectivity index (χ0v) is 21.0. The molecule has 0 saturated heterocycles. The lowest BCUT2D eigenvalue weighted by atomic mass is 10.0. The Hall–Kier alpha value is -2.40. The number of benzene rings is 1. The molecule has 0 heterocycles. The molecule has 0 unspecified atom stereocenters. The highest BCUT2D eigenvalue weighted by Crippen LogP contribution is 2.22. The van der Waals surface area contributed by atoms with E-state index in [1.165, 1.54) is 37.9 Å². The first-order chi connectivity index (χ1) is 15.0. The number of methoxy groups -OCH3 is 1. The van der Waals surface area contributed by atoms with E-state index in [1.54, 1.807) is 19.9 Å². The van der Waals surface area contributed by atoms with Crippen molar-refractivity contribution < 1.29 is 28.7 Å². The van der Waals surface area contributed by atoms with E-state index in [0.29, 0.717) is 16.6 Å². The molecule has 0 aliphatic rings. The number of ketones is 1. The van der Waals surface area contributed by atoms with E-state index < -0.39 is 41.6 Å². The topological polar surface area (TPSA) is 131 Å². The fourth-order valence-electron chi connectivity index (χ4n) is 2.76. The largest absolute Gasteiger partial charge is 0.467 e. The van der Waals surface area contributed by atoms with Crippen LogP contribution in [0.1, 0.15) is 37.6 Å². The number of thioether (sulfide) groups is 1. The summed E-state index contributed by atoms with van der Waals surface area (Å²) in [6.45, 7) is 4.68. The van der Waals surface area contributed by atoms with Crippen molar-refractivity contribution in [2.75, 3.05) is 24.4 Å². The molecular weight excluding hydrogens is 502 g/mol. The highest BCUT2D eigenvalue weighted by Gasteiger charge is 2.31. The van der Waals surface area contributed by atoms with E-state index >= 15 is 0 Å². The van der Waals surface area contributed by atoms with Crippen molar-refractivity contribution in [1.29, 1.82) is 0 Å². The molecule has 1 rings (SSSR count). The zero-order chi connectivity index (χ0) is 24.4. The third kappa shape index (κ3) is 8.27. The Morgan fingerprint density at radius 2 is 1.78 bits per heavy atom. The van der Waals surface area contributed by atoms with Gasteiger partial charge in [0.25, 0.3) is 11.7 Å². The lowest BCUT2D eigenvalue weighted by Crippen LogP contribution is -2.55. The molecule has 0 bridgehead atoms. The number of carbonyl (C=O) groups excluding carboxylic acids is 5. The van der Waals surface area contributed by atoms with Crippen LogP contribution >= 0.6 is 27.7 Å². The number of nitrogens with one attached hydrogen (secondary N) is 3. The van der Waals surface area contributed by atoms with Crippen molar-refractivity contribution in [1.82, 2.24) is 10.6 Å². The molecule has 0 aromatic heterocycles. The number of hydrogen-bond donors (Lipinski definition) is 3. The van der Waals surface area contributed by atoms with Crippen molar-refractivity contribution in [3.63, 3.8) is 0 Å². The molecule has 0 radical (unpaired) electrons. The van der Waals surface area contributed by atoms with Crippen LogP contribution in [-0.4, -0.2) is 60.7 Å². The Morgan fingerprint density at radius 3 is 2.31 bits per heavy atom. The molecule has 176 valence electrons. The number of esters is 1. The molecule has 3 amide bonds. The number of carbonyl (C=O) groups is 5. The Kier molecular flexibility index (Phi) is 11.4. The van der Waals surface area contributed by atoms with Gasteiger partial charge in [-0.1, -0.05) is 29.8 Å². The van der Waals surface area contributed by atoms with Gasteiger partial charge in [0.2, 0.25) is 11.8 Å². The van der Waals surface area contributed by atoms with Crippen molar-refractivity contribution >= 4 is 62.9 Å². The minimum Gasteiger partial charge on any atom is -0.467 e.